The van der Waals surface area contributed by atoms with Crippen LogP contribution in [0.2, 0.25) is 0 Å². The third kappa shape index (κ3) is 2.85. The minimum atomic E-state index is 0.243. The monoisotopic (exact) mass is 351 g/mol. The lowest BCUT2D eigenvalue weighted by Gasteiger charge is -2.19. The standard InChI is InChI=1S/C15H18BrN3O2/c1-20-12-7-6-10(16)14(11-8-13(17)19-18-11)15(12)21-9-4-2-3-5-9/h6-9H,2-5H2,1H3,(H3,17,18,19). The van der Waals surface area contributed by atoms with E-state index in [0.717, 1.165) is 34.3 Å². The molecule has 3 N–H and O–H groups in total. The fourth-order valence-corrected chi connectivity index (χ4v) is 3.23. The van der Waals surface area contributed by atoms with E-state index in [1.807, 2.05) is 12.1 Å². The molecular weight excluding hydrogens is 334 g/mol. The molecule has 0 bridgehead atoms. The zero-order chi connectivity index (χ0) is 14.8. The van der Waals surface area contributed by atoms with Gasteiger partial charge in [0, 0.05) is 10.5 Å². The summed E-state index contributed by atoms with van der Waals surface area (Å²) < 4.78 is 12.6. The van der Waals surface area contributed by atoms with Gasteiger partial charge in [-0.2, -0.15) is 5.10 Å². The predicted octanol–water partition coefficient (Wildman–Crippen LogP) is 3.75. The molecule has 1 saturated carbocycles. The second-order valence-corrected chi connectivity index (χ2v) is 6.04. The first-order valence-electron chi connectivity index (χ1n) is 7.03. The van der Waals surface area contributed by atoms with Crippen LogP contribution in [-0.2, 0) is 0 Å². The summed E-state index contributed by atoms with van der Waals surface area (Å²) in [4.78, 5) is 0. The maximum atomic E-state index is 6.23. The molecule has 1 aromatic heterocycles. The zero-order valence-electron chi connectivity index (χ0n) is 11.9. The van der Waals surface area contributed by atoms with Crippen molar-refractivity contribution >= 4 is 21.7 Å². The first-order valence-corrected chi connectivity index (χ1v) is 7.82. The van der Waals surface area contributed by atoms with Crippen molar-refractivity contribution < 1.29 is 9.47 Å². The van der Waals surface area contributed by atoms with Crippen molar-refractivity contribution in [2.45, 2.75) is 31.8 Å². The van der Waals surface area contributed by atoms with Gasteiger partial charge in [-0.15, -0.1) is 0 Å². The molecule has 2 aromatic rings. The fraction of sp³-hybridized carbons (Fsp3) is 0.400. The van der Waals surface area contributed by atoms with Gasteiger partial charge in [-0.05, 0) is 53.7 Å². The number of nitrogens with one attached hydrogen (secondary N) is 1. The molecule has 1 heterocycles. The Morgan fingerprint density at radius 1 is 1.33 bits per heavy atom. The summed E-state index contributed by atoms with van der Waals surface area (Å²) in [5, 5.41) is 6.94. The second-order valence-electron chi connectivity index (χ2n) is 5.18. The van der Waals surface area contributed by atoms with Crippen LogP contribution in [0.5, 0.6) is 11.5 Å². The molecule has 5 nitrogen and oxygen atoms in total. The lowest BCUT2D eigenvalue weighted by molar-refractivity contribution is 0.201. The Morgan fingerprint density at radius 2 is 2.10 bits per heavy atom. The molecule has 1 aliphatic carbocycles. The van der Waals surface area contributed by atoms with Crippen molar-refractivity contribution in [1.29, 1.82) is 0 Å². The highest BCUT2D eigenvalue weighted by atomic mass is 79.9. The summed E-state index contributed by atoms with van der Waals surface area (Å²) in [6.07, 6.45) is 4.84. The number of rotatable bonds is 4. The van der Waals surface area contributed by atoms with Crippen LogP contribution in [0.1, 0.15) is 25.7 Å². The molecule has 1 fully saturated rings. The molecule has 6 heteroatoms. The van der Waals surface area contributed by atoms with E-state index in [2.05, 4.69) is 26.1 Å². The minimum Gasteiger partial charge on any atom is -0.493 e. The van der Waals surface area contributed by atoms with Gasteiger partial charge >= 0.3 is 0 Å². The molecule has 3 rings (SSSR count). The van der Waals surface area contributed by atoms with Crippen LogP contribution >= 0.6 is 15.9 Å². The van der Waals surface area contributed by atoms with Crippen LogP contribution in [0.15, 0.2) is 22.7 Å². The number of nitrogens with zero attached hydrogens (tertiary/aromatic N) is 1. The number of halogens is 1. The van der Waals surface area contributed by atoms with Gasteiger partial charge in [-0.3, -0.25) is 5.10 Å². The molecular formula is C15H18BrN3O2. The van der Waals surface area contributed by atoms with Gasteiger partial charge in [-0.1, -0.05) is 0 Å². The van der Waals surface area contributed by atoms with Crippen LogP contribution in [0.4, 0.5) is 5.82 Å². The van der Waals surface area contributed by atoms with Gasteiger partial charge in [0.1, 0.15) is 5.82 Å². The minimum absolute atomic E-state index is 0.243. The first kappa shape index (κ1) is 14.3. The molecule has 0 saturated heterocycles. The number of anilines is 1. The van der Waals surface area contributed by atoms with Gasteiger partial charge in [0.25, 0.3) is 0 Å². The maximum Gasteiger partial charge on any atom is 0.172 e. The first-order chi connectivity index (χ1) is 10.2. The van der Waals surface area contributed by atoms with Crippen molar-refractivity contribution in [1.82, 2.24) is 10.2 Å². The number of aromatic nitrogens is 2. The van der Waals surface area contributed by atoms with Gasteiger partial charge in [0.15, 0.2) is 11.5 Å². The van der Waals surface area contributed by atoms with E-state index in [9.17, 15) is 0 Å². The quantitative estimate of drug-likeness (QED) is 0.879. The molecule has 0 atom stereocenters. The van der Waals surface area contributed by atoms with Crippen molar-refractivity contribution in [3.63, 3.8) is 0 Å². The highest BCUT2D eigenvalue weighted by Gasteiger charge is 2.23. The Balaban J connectivity index is 2.07. The molecule has 0 amide bonds. The molecule has 0 spiro atoms. The second kappa shape index (κ2) is 5.97. The summed E-state index contributed by atoms with van der Waals surface area (Å²) in [7, 11) is 1.65. The van der Waals surface area contributed by atoms with Crippen LogP contribution in [-0.4, -0.2) is 23.4 Å². The van der Waals surface area contributed by atoms with Crippen molar-refractivity contribution in [2.75, 3.05) is 12.8 Å². The highest BCUT2D eigenvalue weighted by molar-refractivity contribution is 9.10. The summed E-state index contributed by atoms with van der Waals surface area (Å²) in [5.74, 6) is 1.90. The van der Waals surface area contributed by atoms with Crippen molar-refractivity contribution in [2.24, 2.45) is 0 Å². The number of hydrogen-bond donors (Lipinski definition) is 2. The summed E-state index contributed by atoms with van der Waals surface area (Å²) in [6, 6.07) is 5.63. The van der Waals surface area contributed by atoms with Crippen LogP contribution in [0.3, 0.4) is 0 Å². The summed E-state index contributed by atoms with van der Waals surface area (Å²) >= 11 is 3.58. The Hall–Kier alpha value is -1.69. The predicted molar refractivity (Wildman–Crippen MR) is 85.6 cm³/mol. The Kier molecular flexibility index (Phi) is 4.05. The zero-order valence-corrected chi connectivity index (χ0v) is 13.4. The average Bonchev–Trinajstić information content (AvgIpc) is 3.11. The molecule has 0 radical (unpaired) electrons. The Morgan fingerprint density at radius 3 is 2.71 bits per heavy atom. The topological polar surface area (TPSA) is 73.2 Å². The van der Waals surface area contributed by atoms with E-state index in [-0.39, 0.29) is 6.10 Å². The van der Waals surface area contributed by atoms with Gasteiger partial charge in [0.2, 0.25) is 0 Å². The molecule has 1 aliphatic rings. The van der Waals surface area contributed by atoms with Gasteiger partial charge in [0.05, 0.1) is 24.5 Å². The van der Waals surface area contributed by atoms with E-state index >= 15 is 0 Å². The lowest BCUT2D eigenvalue weighted by atomic mass is 10.1. The fourth-order valence-electron chi connectivity index (χ4n) is 2.71. The third-order valence-electron chi connectivity index (χ3n) is 3.74. The number of H-pyrrole nitrogens is 1. The van der Waals surface area contributed by atoms with E-state index in [1.54, 1.807) is 13.2 Å². The molecule has 1 aromatic carbocycles. The van der Waals surface area contributed by atoms with Gasteiger partial charge in [-0.25, -0.2) is 0 Å². The van der Waals surface area contributed by atoms with Crippen LogP contribution in [0.25, 0.3) is 11.3 Å². The number of nitrogens with two attached hydrogens (primary N) is 1. The normalized spacial score (nSPS) is 15.3. The number of methoxy groups -OCH3 is 1. The number of nitrogen functional groups attached to an aromatic ring is 1. The van der Waals surface area contributed by atoms with E-state index in [1.165, 1.54) is 12.8 Å². The number of aromatic amines is 1. The SMILES string of the molecule is COc1ccc(Br)c(-c2cc(N)n[nH]2)c1OC1CCCC1. The van der Waals surface area contributed by atoms with Crippen molar-refractivity contribution in [3.05, 3.63) is 22.7 Å². The molecule has 0 unspecified atom stereocenters. The van der Waals surface area contributed by atoms with Crippen molar-refractivity contribution in [3.8, 4) is 22.8 Å². The molecule has 0 aliphatic heterocycles. The third-order valence-corrected chi connectivity index (χ3v) is 4.41. The van der Waals surface area contributed by atoms with E-state index in [0.29, 0.717) is 11.6 Å². The lowest BCUT2D eigenvalue weighted by Crippen LogP contribution is -2.12. The highest BCUT2D eigenvalue weighted by Crippen LogP contribution is 2.44. The van der Waals surface area contributed by atoms with E-state index < -0.39 is 0 Å². The van der Waals surface area contributed by atoms with Gasteiger partial charge < -0.3 is 15.2 Å². The Bertz CT molecular complexity index is 636. The largest absolute Gasteiger partial charge is 0.493 e. The summed E-state index contributed by atoms with van der Waals surface area (Å²) in [5.41, 5.74) is 7.43. The number of benzene rings is 1. The van der Waals surface area contributed by atoms with E-state index in [4.69, 9.17) is 15.2 Å². The average molecular weight is 352 g/mol. The molecule has 112 valence electrons. The number of ether oxygens (including phenoxy) is 2. The smallest absolute Gasteiger partial charge is 0.172 e. The molecule has 21 heavy (non-hydrogen) atoms. The van der Waals surface area contributed by atoms with Crippen LogP contribution in [0, 0.1) is 0 Å². The van der Waals surface area contributed by atoms with Crippen LogP contribution < -0.4 is 15.2 Å². The number of hydrogen-bond acceptors (Lipinski definition) is 4. The Labute approximate surface area is 132 Å². The maximum absolute atomic E-state index is 6.23. The summed E-state index contributed by atoms with van der Waals surface area (Å²) in [6.45, 7) is 0.